The maximum Gasteiger partial charge on any atom is 0.290 e. The molecular weight excluding hydrogens is 381 g/mol. The van der Waals surface area contributed by atoms with Gasteiger partial charge in [-0.25, -0.2) is 9.37 Å². The van der Waals surface area contributed by atoms with Crippen molar-refractivity contribution in [2.45, 2.75) is 45.3 Å². The zero-order valence-electron chi connectivity index (χ0n) is 16.2. The minimum absolute atomic E-state index is 0.0152. The third-order valence-electron chi connectivity index (χ3n) is 5.21. The monoisotopic (exact) mass is 403 g/mol. The summed E-state index contributed by atoms with van der Waals surface area (Å²) >= 11 is 0. The first-order valence-corrected chi connectivity index (χ1v) is 9.28. The molecule has 2 amide bonds. The molecule has 0 unspecified atom stereocenters. The van der Waals surface area contributed by atoms with Gasteiger partial charge in [-0.1, -0.05) is 6.07 Å². The first-order valence-electron chi connectivity index (χ1n) is 9.28. The van der Waals surface area contributed by atoms with Gasteiger partial charge in [-0.15, -0.1) is 0 Å². The second-order valence-corrected chi connectivity index (χ2v) is 6.97. The zero-order chi connectivity index (χ0) is 21.1. The van der Waals surface area contributed by atoms with Crippen LogP contribution in [0.2, 0.25) is 0 Å². The summed E-state index contributed by atoms with van der Waals surface area (Å²) in [6.07, 6.45) is 1.57. The van der Waals surface area contributed by atoms with E-state index in [0.29, 0.717) is 35.9 Å². The standard InChI is InChI=1S/C19H20FN3O3.CH2O2/c1-11-18(24)22-8-4-7-16(22)19(25)23(11)10-15-12(2)26-17(21-15)13-5-3-6-14(20)9-13;2-1-3/h3,5-6,9,11,16H,4,7-8,10H2,1-2H3;1H,(H,2,3)/t11-,16+;/m0./s1. The summed E-state index contributed by atoms with van der Waals surface area (Å²) in [5.41, 5.74) is 1.12. The molecule has 0 radical (unpaired) electrons. The highest BCUT2D eigenvalue weighted by Crippen LogP contribution is 2.29. The maximum absolute atomic E-state index is 13.4. The molecule has 8 nitrogen and oxygen atoms in total. The number of halogens is 1. The lowest BCUT2D eigenvalue weighted by Crippen LogP contribution is -2.61. The first kappa shape index (κ1) is 20.5. The number of aryl methyl sites for hydroxylation is 1. The number of carboxylic acid groups (broad SMARTS) is 1. The van der Waals surface area contributed by atoms with Crippen LogP contribution in [0.1, 0.15) is 31.2 Å². The second kappa shape index (κ2) is 8.42. The number of benzene rings is 1. The van der Waals surface area contributed by atoms with Gasteiger partial charge in [0.15, 0.2) is 0 Å². The van der Waals surface area contributed by atoms with Gasteiger partial charge < -0.3 is 19.3 Å². The molecule has 3 heterocycles. The van der Waals surface area contributed by atoms with Crippen LogP contribution in [0.5, 0.6) is 0 Å². The van der Waals surface area contributed by atoms with E-state index in [4.69, 9.17) is 14.3 Å². The molecule has 2 atom stereocenters. The van der Waals surface area contributed by atoms with Crippen molar-refractivity contribution in [3.8, 4) is 11.5 Å². The molecule has 4 rings (SSSR count). The number of piperazine rings is 1. The van der Waals surface area contributed by atoms with Gasteiger partial charge in [-0.05, 0) is 44.9 Å². The van der Waals surface area contributed by atoms with Crippen molar-refractivity contribution in [3.63, 3.8) is 0 Å². The molecule has 0 bridgehead atoms. The summed E-state index contributed by atoms with van der Waals surface area (Å²) in [5.74, 6) is 0.447. The Morgan fingerprint density at radius 1 is 1.34 bits per heavy atom. The van der Waals surface area contributed by atoms with Gasteiger partial charge >= 0.3 is 0 Å². The highest BCUT2D eigenvalue weighted by molar-refractivity contribution is 5.97. The van der Waals surface area contributed by atoms with Gasteiger partial charge in [0.05, 0.1) is 6.54 Å². The molecule has 29 heavy (non-hydrogen) atoms. The van der Waals surface area contributed by atoms with Crippen LogP contribution < -0.4 is 0 Å². The summed E-state index contributed by atoms with van der Waals surface area (Å²) in [4.78, 5) is 41.4. The average molecular weight is 403 g/mol. The van der Waals surface area contributed by atoms with Crippen molar-refractivity contribution in [3.05, 3.63) is 41.5 Å². The SMILES string of the molecule is Cc1oc(-c2cccc(F)c2)nc1CN1C(=O)[C@H]2CCCN2C(=O)[C@@H]1C.O=CO. The molecule has 2 fully saturated rings. The lowest BCUT2D eigenvalue weighted by atomic mass is 10.1. The average Bonchev–Trinajstić information content (AvgIpc) is 3.31. The Kier molecular flexibility index (Phi) is 5.95. The molecule has 2 aromatic rings. The number of rotatable bonds is 3. The van der Waals surface area contributed by atoms with Crippen molar-refractivity contribution in [1.29, 1.82) is 0 Å². The molecule has 0 saturated carbocycles. The van der Waals surface area contributed by atoms with Crippen LogP contribution in [-0.4, -0.2) is 56.8 Å². The highest BCUT2D eigenvalue weighted by atomic mass is 19.1. The van der Waals surface area contributed by atoms with Gasteiger partial charge in [-0.2, -0.15) is 0 Å². The number of nitrogens with zero attached hydrogens (tertiary/aromatic N) is 3. The fourth-order valence-corrected chi connectivity index (χ4v) is 3.74. The number of oxazole rings is 1. The van der Waals surface area contributed by atoms with E-state index in [2.05, 4.69) is 4.98 Å². The fraction of sp³-hybridized carbons (Fsp3) is 0.400. The Morgan fingerprint density at radius 3 is 2.76 bits per heavy atom. The first-order chi connectivity index (χ1) is 13.9. The van der Waals surface area contributed by atoms with E-state index in [1.807, 2.05) is 0 Å². The highest BCUT2D eigenvalue weighted by Gasteiger charge is 2.46. The molecule has 9 heteroatoms. The van der Waals surface area contributed by atoms with Gasteiger partial charge in [0.2, 0.25) is 17.7 Å². The number of amides is 2. The van der Waals surface area contributed by atoms with Crippen LogP contribution in [0, 0.1) is 12.7 Å². The van der Waals surface area contributed by atoms with E-state index in [1.54, 1.807) is 35.8 Å². The van der Waals surface area contributed by atoms with E-state index in [1.165, 1.54) is 12.1 Å². The molecule has 2 aliphatic rings. The van der Waals surface area contributed by atoms with E-state index < -0.39 is 6.04 Å². The van der Waals surface area contributed by atoms with E-state index >= 15 is 0 Å². The number of hydrogen-bond donors (Lipinski definition) is 1. The molecule has 2 saturated heterocycles. The summed E-state index contributed by atoms with van der Waals surface area (Å²) < 4.78 is 19.1. The number of hydrogen-bond acceptors (Lipinski definition) is 5. The lowest BCUT2D eigenvalue weighted by Gasteiger charge is -2.40. The summed E-state index contributed by atoms with van der Waals surface area (Å²) in [6.45, 7) is 4.12. The predicted molar refractivity (Wildman–Crippen MR) is 100 cm³/mol. The Labute approximate surface area is 166 Å². The van der Waals surface area contributed by atoms with Crippen molar-refractivity contribution in [1.82, 2.24) is 14.8 Å². The zero-order valence-corrected chi connectivity index (χ0v) is 16.2. The largest absolute Gasteiger partial charge is 0.483 e. The molecule has 0 aliphatic carbocycles. The molecular formula is C20H22FN3O5. The Balaban J connectivity index is 0.000000755. The summed E-state index contributed by atoms with van der Waals surface area (Å²) in [7, 11) is 0. The van der Waals surface area contributed by atoms with Gasteiger partial charge in [-0.3, -0.25) is 14.4 Å². The number of aromatic nitrogens is 1. The Hall–Kier alpha value is -3.23. The molecule has 1 aromatic carbocycles. The topological polar surface area (TPSA) is 104 Å². The van der Waals surface area contributed by atoms with Crippen molar-refractivity contribution >= 4 is 18.3 Å². The third-order valence-corrected chi connectivity index (χ3v) is 5.21. The van der Waals surface area contributed by atoms with Crippen LogP contribution in [0.4, 0.5) is 4.39 Å². The number of fused-ring (bicyclic) bond motifs is 1. The van der Waals surface area contributed by atoms with Crippen molar-refractivity contribution in [2.24, 2.45) is 0 Å². The maximum atomic E-state index is 13.4. The van der Waals surface area contributed by atoms with Crippen LogP contribution in [0.3, 0.4) is 0 Å². The molecule has 1 N–H and O–H groups in total. The minimum Gasteiger partial charge on any atom is -0.483 e. The summed E-state index contributed by atoms with van der Waals surface area (Å²) in [5, 5.41) is 6.89. The Bertz CT molecular complexity index is 929. The van der Waals surface area contributed by atoms with Gasteiger partial charge in [0, 0.05) is 12.1 Å². The summed E-state index contributed by atoms with van der Waals surface area (Å²) in [6, 6.07) is 5.14. The Morgan fingerprint density at radius 2 is 2.07 bits per heavy atom. The van der Waals surface area contributed by atoms with E-state index in [9.17, 15) is 14.0 Å². The lowest BCUT2D eigenvalue weighted by molar-refractivity contribution is -0.159. The van der Waals surface area contributed by atoms with Crippen LogP contribution in [0.25, 0.3) is 11.5 Å². The van der Waals surface area contributed by atoms with E-state index in [-0.39, 0.29) is 36.7 Å². The quantitative estimate of drug-likeness (QED) is 0.788. The van der Waals surface area contributed by atoms with Crippen LogP contribution >= 0.6 is 0 Å². The number of carbonyl (C=O) groups excluding carboxylic acids is 2. The third kappa shape index (κ3) is 3.98. The normalized spacial score (nSPS) is 20.9. The minimum atomic E-state index is -0.523. The van der Waals surface area contributed by atoms with Crippen molar-refractivity contribution < 1.29 is 28.3 Å². The van der Waals surface area contributed by atoms with Crippen molar-refractivity contribution in [2.75, 3.05) is 6.54 Å². The number of carbonyl (C=O) groups is 3. The second-order valence-electron chi connectivity index (χ2n) is 6.97. The van der Waals surface area contributed by atoms with Crippen LogP contribution in [-0.2, 0) is 20.9 Å². The molecule has 0 spiro atoms. The fourth-order valence-electron chi connectivity index (χ4n) is 3.74. The molecule has 2 aliphatic heterocycles. The van der Waals surface area contributed by atoms with Crippen LogP contribution in [0.15, 0.2) is 28.7 Å². The molecule has 1 aromatic heterocycles. The van der Waals surface area contributed by atoms with E-state index in [0.717, 1.165) is 6.42 Å². The smallest absolute Gasteiger partial charge is 0.290 e. The molecule has 154 valence electrons. The van der Waals surface area contributed by atoms with Gasteiger partial charge in [0.1, 0.15) is 29.4 Å². The predicted octanol–water partition coefficient (Wildman–Crippen LogP) is 2.21. The van der Waals surface area contributed by atoms with Gasteiger partial charge in [0.25, 0.3) is 6.47 Å².